The number of aromatic nitrogens is 2. The molecule has 0 spiro atoms. The van der Waals surface area contributed by atoms with Gasteiger partial charge in [-0.15, -0.1) is 0 Å². The van der Waals surface area contributed by atoms with Crippen molar-refractivity contribution in [2.45, 2.75) is 0 Å². The Bertz CT molecular complexity index is 532. The lowest BCUT2D eigenvalue weighted by molar-refractivity contribution is 0.450. The molecular formula is C11H10N2O2. The summed E-state index contributed by atoms with van der Waals surface area (Å²) in [5.74, 6) is -0.232. The van der Waals surface area contributed by atoms with Gasteiger partial charge in [-0.3, -0.25) is 4.79 Å². The van der Waals surface area contributed by atoms with E-state index in [4.69, 9.17) is 0 Å². The van der Waals surface area contributed by atoms with Gasteiger partial charge < -0.3 is 9.67 Å². The number of rotatable bonds is 1. The van der Waals surface area contributed by atoms with Crippen LogP contribution in [0, 0.1) is 0 Å². The second kappa shape index (κ2) is 3.57. The molecule has 0 fully saturated rings. The molecule has 0 saturated carbocycles. The lowest BCUT2D eigenvalue weighted by Crippen LogP contribution is -2.18. The van der Waals surface area contributed by atoms with Gasteiger partial charge in [0.05, 0.1) is 0 Å². The molecule has 15 heavy (non-hydrogen) atoms. The molecule has 1 aromatic heterocycles. The third-order valence-electron chi connectivity index (χ3n) is 2.17. The predicted octanol–water partition coefficient (Wildman–Crippen LogP) is 1.15. The molecule has 2 rings (SSSR count). The SMILES string of the molecule is Cn1cnc(O)c(-c2ccccc2)c1=O. The van der Waals surface area contributed by atoms with Crippen LogP contribution in [0.1, 0.15) is 0 Å². The monoisotopic (exact) mass is 202 g/mol. The van der Waals surface area contributed by atoms with Gasteiger partial charge in [-0.1, -0.05) is 30.3 Å². The van der Waals surface area contributed by atoms with Gasteiger partial charge in [-0.2, -0.15) is 0 Å². The second-order valence-corrected chi connectivity index (χ2v) is 3.23. The molecule has 0 aliphatic rings. The molecule has 0 unspecified atom stereocenters. The number of hydrogen-bond donors (Lipinski definition) is 1. The minimum atomic E-state index is -0.256. The van der Waals surface area contributed by atoms with Crippen LogP contribution >= 0.6 is 0 Å². The van der Waals surface area contributed by atoms with Crippen molar-refractivity contribution in [2.75, 3.05) is 0 Å². The van der Waals surface area contributed by atoms with Crippen LogP contribution < -0.4 is 5.56 Å². The van der Waals surface area contributed by atoms with Crippen LogP contribution in [-0.4, -0.2) is 14.7 Å². The Hall–Kier alpha value is -2.10. The second-order valence-electron chi connectivity index (χ2n) is 3.23. The van der Waals surface area contributed by atoms with Crippen molar-refractivity contribution in [1.82, 2.24) is 9.55 Å². The Balaban J connectivity index is 2.73. The van der Waals surface area contributed by atoms with E-state index in [1.807, 2.05) is 6.07 Å². The zero-order chi connectivity index (χ0) is 10.8. The summed E-state index contributed by atoms with van der Waals surface area (Å²) in [6.45, 7) is 0. The first-order valence-corrected chi connectivity index (χ1v) is 4.50. The van der Waals surface area contributed by atoms with Gasteiger partial charge in [0.2, 0.25) is 5.88 Å². The molecule has 4 heteroatoms. The Labute approximate surface area is 86.5 Å². The molecule has 76 valence electrons. The van der Waals surface area contributed by atoms with Crippen LogP contribution in [-0.2, 0) is 7.05 Å². The van der Waals surface area contributed by atoms with Gasteiger partial charge in [-0.25, -0.2) is 4.98 Å². The minimum absolute atomic E-state index is 0.232. The van der Waals surface area contributed by atoms with Gasteiger partial charge in [0.15, 0.2) is 0 Å². The van der Waals surface area contributed by atoms with Crippen molar-refractivity contribution < 1.29 is 5.11 Å². The third-order valence-corrected chi connectivity index (χ3v) is 2.17. The van der Waals surface area contributed by atoms with E-state index in [9.17, 15) is 9.90 Å². The highest BCUT2D eigenvalue weighted by Gasteiger charge is 2.10. The maximum absolute atomic E-state index is 11.8. The summed E-state index contributed by atoms with van der Waals surface area (Å²) in [6, 6.07) is 8.99. The van der Waals surface area contributed by atoms with Crippen molar-refractivity contribution in [1.29, 1.82) is 0 Å². The maximum atomic E-state index is 11.8. The first kappa shape index (κ1) is 9.45. The van der Waals surface area contributed by atoms with Gasteiger partial charge in [0.25, 0.3) is 5.56 Å². The van der Waals surface area contributed by atoms with Crippen molar-refractivity contribution >= 4 is 0 Å². The summed E-state index contributed by atoms with van der Waals surface area (Å²) in [7, 11) is 1.60. The van der Waals surface area contributed by atoms with Gasteiger partial charge in [0, 0.05) is 7.05 Å². The third kappa shape index (κ3) is 1.61. The molecule has 1 aromatic carbocycles. The standard InChI is InChI=1S/C11H10N2O2/c1-13-7-12-10(14)9(11(13)15)8-5-3-2-4-6-8/h2-7,14H,1H3. The minimum Gasteiger partial charge on any atom is -0.493 e. The number of benzene rings is 1. The van der Waals surface area contributed by atoms with E-state index < -0.39 is 0 Å². The molecule has 0 radical (unpaired) electrons. The first-order chi connectivity index (χ1) is 7.20. The first-order valence-electron chi connectivity index (χ1n) is 4.50. The Morgan fingerprint density at radius 1 is 1.27 bits per heavy atom. The quantitative estimate of drug-likeness (QED) is 0.754. The van der Waals surface area contributed by atoms with Crippen molar-refractivity contribution in [3.05, 3.63) is 47.0 Å². The van der Waals surface area contributed by atoms with E-state index in [0.29, 0.717) is 5.56 Å². The zero-order valence-corrected chi connectivity index (χ0v) is 8.21. The Morgan fingerprint density at radius 3 is 2.60 bits per heavy atom. The molecule has 0 atom stereocenters. The molecule has 4 nitrogen and oxygen atoms in total. The van der Waals surface area contributed by atoms with E-state index in [1.165, 1.54) is 10.9 Å². The topological polar surface area (TPSA) is 55.1 Å². The number of aromatic hydroxyl groups is 1. The fourth-order valence-corrected chi connectivity index (χ4v) is 1.39. The molecule has 2 aromatic rings. The fraction of sp³-hybridized carbons (Fsp3) is 0.0909. The van der Waals surface area contributed by atoms with Crippen LogP contribution in [0.3, 0.4) is 0 Å². The smallest absolute Gasteiger partial charge is 0.264 e. The Kier molecular flexibility index (Phi) is 2.25. The zero-order valence-electron chi connectivity index (χ0n) is 8.21. The highest BCUT2D eigenvalue weighted by atomic mass is 16.3. The van der Waals surface area contributed by atoms with Crippen LogP contribution in [0.4, 0.5) is 0 Å². The normalized spacial score (nSPS) is 10.2. The summed E-state index contributed by atoms with van der Waals surface area (Å²) in [6.07, 6.45) is 1.30. The van der Waals surface area contributed by atoms with Crippen molar-refractivity contribution in [2.24, 2.45) is 7.05 Å². The lowest BCUT2D eigenvalue weighted by atomic mass is 10.1. The number of aryl methyl sites for hydroxylation is 1. The molecule has 0 amide bonds. The molecule has 0 bridgehead atoms. The van der Waals surface area contributed by atoms with Gasteiger partial charge >= 0.3 is 0 Å². The van der Waals surface area contributed by atoms with Crippen LogP contribution in [0.25, 0.3) is 11.1 Å². The lowest BCUT2D eigenvalue weighted by Gasteiger charge is -2.04. The summed E-state index contributed by atoms with van der Waals surface area (Å²) in [5, 5.41) is 9.54. The summed E-state index contributed by atoms with van der Waals surface area (Å²) >= 11 is 0. The summed E-state index contributed by atoms with van der Waals surface area (Å²) in [5.41, 5.74) is 0.651. The van der Waals surface area contributed by atoms with E-state index in [1.54, 1.807) is 31.3 Å². The van der Waals surface area contributed by atoms with E-state index in [2.05, 4.69) is 4.98 Å². The highest BCUT2D eigenvalue weighted by molar-refractivity contribution is 5.66. The van der Waals surface area contributed by atoms with E-state index >= 15 is 0 Å². The van der Waals surface area contributed by atoms with Crippen LogP contribution in [0.15, 0.2) is 41.5 Å². The van der Waals surface area contributed by atoms with Gasteiger partial charge in [-0.05, 0) is 5.56 Å². The van der Waals surface area contributed by atoms with Gasteiger partial charge in [0.1, 0.15) is 11.9 Å². The maximum Gasteiger partial charge on any atom is 0.264 e. The number of nitrogens with zero attached hydrogens (tertiary/aromatic N) is 2. The molecule has 1 heterocycles. The Morgan fingerprint density at radius 2 is 1.93 bits per heavy atom. The summed E-state index contributed by atoms with van der Waals surface area (Å²) in [4.78, 5) is 15.5. The largest absolute Gasteiger partial charge is 0.493 e. The highest BCUT2D eigenvalue weighted by Crippen LogP contribution is 2.21. The molecule has 0 saturated heterocycles. The van der Waals surface area contributed by atoms with E-state index in [0.717, 1.165) is 0 Å². The molecule has 0 aliphatic heterocycles. The van der Waals surface area contributed by atoms with Crippen molar-refractivity contribution in [3.63, 3.8) is 0 Å². The summed E-state index contributed by atoms with van der Waals surface area (Å²) < 4.78 is 1.34. The molecule has 0 aliphatic carbocycles. The predicted molar refractivity (Wildman–Crippen MR) is 56.6 cm³/mol. The van der Waals surface area contributed by atoms with E-state index in [-0.39, 0.29) is 17.0 Å². The number of hydrogen-bond acceptors (Lipinski definition) is 3. The average Bonchev–Trinajstić information content (AvgIpc) is 2.26. The molecule has 1 N–H and O–H groups in total. The molecular weight excluding hydrogens is 192 g/mol. The van der Waals surface area contributed by atoms with Crippen LogP contribution in [0.2, 0.25) is 0 Å². The van der Waals surface area contributed by atoms with Crippen LogP contribution in [0.5, 0.6) is 5.88 Å². The van der Waals surface area contributed by atoms with Crippen molar-refractivity contribution in [3.8, 4) is 17.0 Å². The average molecular weight is 202 g/mol. The fourth-order valence-electron chi connectivity index (χ4n) is 1.39.